The number of ether oxygens (including phenoxy) is 1. The maximum absolute atomic E-state index is 10.4. The first-order valence-corrected chi connectivity index (χ1v) is 4.06. The van der Waals surface area contributed by atoms with Gasteiger partial charge in [-0.05, 0) is 6.92 Å². The van der Waals surface area contributed by atoms with Gasteiger partial charge in [-0.2, -0.15) is 0 Å². The van der Waals surface area contributed by atoms with Gasteiger partial charge >= 0.3 is 6.09 Å². The van der Waals surface area contributed by atoms with Crippen LogP contribution in [-0.4, -0.2) is 19.2 Å². The van der Waals surface area contributed by atoms with Crippen LogP contribution in [0.4, 0.5) is 4.79 Å². The Balaban J connectivity index is 0. The van der Waals surface area contributed by atoms with Crippen molar-refractivity contribution >= 4 is 6.09 Å². The standard InChI is InChI=1S/C6H9NO2.C3H8/c1-3-5-9-6(8)7-4-2;1-3-2/h1H,4-5H2,2H3,(H,7,8);3H2,1-2H3. The van der Waals surface area contributed by atoms with Crippen LogP contribution in [0.15, 0.2) is 0 Å². The maximum Gasteiger partial charge on any atom is 0.408 e. The van der Waals surface area contributed by atoms with Crippen molar-refractivity contribution in [2.75, 3.05) is 13.2 Å². The summed E-state index contributed by atoms with van der Waals surface area (Å²) in [5.74, 6) is 2.17. The second-order valence-electron chi connectivity index (χ2n) is 2.02. The zero-order valence-corrected chi connectivity index (χ0v) is 8.02. The first kappa shape index (κ1) is 13.4. The molecule has 0 aromatic rings. The lowest BCUT2D eigenvalue weighted by atomic mass is 10.6. The maximum atomic E-state index is 10.4. The van der Waals surface area contributed by atoms with E-state index in [0.29, 0.717) is 6.54 Å². The molecule has 1 amide bonds. The van der Waals surface area contributed by atoms with Crippen molar-refractivity contribution in [1.29, 1.82) is 0 Å². The molecule has 0 radical (unpaired) electrons. The second kappa shape index (κ2) is 12.5. The first-order valence-electron chi connectivity index (χ1n) is 4.06. The number of amides is 1. The molecule has 0 heterocycles. The Kier molecular flexibility index (Phi) is 14.0. The van der Waals surface area contributed by atoms with Crippen LogP contribution in [0.1, 0.15) is 27.2 Å². The highest BCUT2D eigenvalue weighted by Crippen LogP contribution is 1.73. The number of carbonyl (C=O) groups excluding carboxylic acids is 1. The molecule has 0 aromatic carbocycles. The van der Waals surface area contributed by atoms with E-state index in [1.54, 1.807) is 6.92 Å². The highest BCUT2D eigenvalue weighted by Gasteiger charge is 1.93. The fourth-order valence-corrected chi connectivity index (χ4v) is 0.303. The third kappa shape index (κ3) is 15.9. The van der Waals surface area contributed by atoms with Crippen molar-refractivity contribution in [1.82, 2.24) is 5.32 Å². The van der Waals surface area contributed by atoms with Crippen molar-refractivity contribution in [2.45, 2.75) is 27.2 Å². The SMILES string of the molecule is C#CCOC(=O)NCC.CCC. The van der Waals surface area contributed by atoms with E-state index in [1.165, 1.54) is 6.42 Å². The van der Waals surface area contributed by atoms with Gasteiger partial charge in [0.1, 0.15) is 0 Å². The van der Waals surface area contributed by atoms with Gasteiger partial charge in [-0.25, -0.2) is 4.79 Å². The Labute approximate surface area is 74.5 Å². The predicted molar refractivity (Wildman–Crippen MR) is 49.8 cm³/mol. The third-order valence-corrected chi connectivity index (χ3v) is 0.608. The van der Waals surface area contributed by atoms with Crippen molar-refractivity contribution in [3.63, 3.8) is 0 Å². The Bertz CT molecular complexity index is 138. The van der Waals surface area contributed by atoms with Crippen molar-refractivity contribution in [2.24, 2.45) is 0 Å². The van der Waals surface area contributed by atoms with Crippen LogP contribution in [-0.2, 0) is 4.74 Å². The zero-order chi connectivity index (χ0) is 9.82. The lowest BCUT2D eigenvalue weighted by Gasteiger charge is -1.98. The molecule has 1 N–H and O–H groups in total. The van der Waals surface area contributed by atoms with Gasteiger partial charge in [0.05, 0.1) is 0 Å². The fourth-order valence-electron chi connectivity index (χ4n) is 0.303. The first-order chi connectivity index (χ1) is 5.72. The van der Waals surface area contributed by atoms with Gasteiger partial charge in [0, 0.05) is 6.54 Å². The summed E-state index contributed by atoms with van der Waals surface area (Å²) in [7, 11) is 0. The van der Waals surface area contributed by atoms with E-state index >= 15 is 0 Å². The van der Waals surface area contributed by atoms with Crippen molar-refractivity contribution < 1.29 is 9.53 Å². The summed E-state index contributed by atoms with van der Waals surface area (Å²) in [5.41, 5.74) is 0. The molecule has 0 unspecified atom stereocenters. The van der Waals surface area contributed by atoms with Crippen LogP contribution in [0.2, 0.25) is 0 Å². The topological polar surface area (TPSA) is 38.3 Å². The van der Waals surface area contributed by atoms with E-state index in [-0.39, 0.29) is 6.61 Å². The normalized spacial score (nSPS) is 7.17. The Morgan fingerprint density at radius 3 is 2.33 bits per heavy atom. The molecule has 0 aliphatic rings. The monoisotopic (exact) mass is 171 g/mol. The molecule has 0 atom stereocenters. The van der Waals surface area contributed by atoms with Gasteiger partial charge in [0.15, 0.2) is 6.61 Å². The van der Waals surface area contributed by atoms with E-state index in [4.69, 9.17) is 6.42 Å². The molecule has 0 aromatic heterocycles. The van der Waals surface area contributed by atoms with Crippen LogP contribution < -0.4 is 5.32 Å². The predicted octanol–water partition coefficient (Wildman–Crippen LogP) is 1.78. The number of terminal acetylenes is 1. The number of rotatable bonds is 2. The van der Waals surface area contributed by atoms with Gasteiger partial charge in [-0.1, -0.05) is 26.2 Å². The molecule has 0 bridgehead atoms. The van der Waals surface area contributed by atoms with Crippen molar-refractivity contribution in [3.8, 4) is 12.3 Å². The minimum Gasteiger partial charge on any atom is -0.436 e. The number of carbonyl (C=O) groups is 1. The summed E-state index contributed by atoms with van der Waals surface area (Å²) < 4.78 is 4.45. The summed E-state index contributed by atoms with van der Waals surface area (Å²) in [6.45, 7) is 6.65. The lowest BCUT2D eigenvalue weighted by Crippen LogP contribution is -2.23. The smallest absolute Gasteiger partial charge is 0.408 e. The van der Waals surface area contributed by atoms with Gasteiger partial charge in [-0.15, -0.1) is 6.42 Å². The fraction of sp³-hybridized carbons (Fsp3) is 0.667. The van der Waals surface area contributed by atoms with Crippen LogP contribution in [0, 0.1) is 12.3 Å². The minimum atomic E-state index is -0.463. The van der Waals surface area contributed by atoms with Crippen LogP contribution in [0.5, 0.6) is 0 Å². The molecular weight excluding hydrogens is 154 g/mol. The molecule has 0 saturated heterocycles. The molecule has 12 heavy (non-hydrogen) atoms. The highest BCUT2D eigenvalue weighted by atomic mass is 16.5. The van der Waals surface area contributed by atoms with Crippen molar-refractivity contribution in [3.05, 3.63) is 0 Å². The van der Waals surface area contributed by atoms with Crippen LogP contribution in [0.25, 0.3) is 0 Å². The van der Waals surface area contributed by atoms with E-state index in [0.717, 1.165) is 0 Å². The molecule has 0 saturated carbocycles. The molecule has 3 heteroatoms. The Morgan fingerprint density at radius 2 is 2.00 bits per heavy atom. The van der Waals surface area contributed by atoms with Gasteiger partial charge < -0.3 is 10.1 Å². The van der Waals surface area contributed by atoms with E-state index in [2.05, 4.69) is 29.8 Å². The van der Waals surface area contributed by atoms with Crippen LogP contribution in [0.3, 0.4) is 0 Å². The molecule has 0 aliphatic carbocycles. The van der Waals surface area contributed by atoms with Gasteiger partial charge in [0.2, 0.25) is 0 Å². The quantitative estimate of drug-likeness (QED) is 0.643. The minimum absolute atomic E-state index is 0.0336. The molecule has 0 rings (SSSR count). The summed E-state index contributed by atoms with van der Waals surface area (Å²) in [4.78, 5) is 10.4. The van der Waals surface area contributed by atoms with Gasteiger partial charge in [-0.3, -0.25) is 0 Å². The van der Waals surface area contributed by atoms with E-state index in [9.17, 15) is 4.79 Å². The average molecular weight is 171 g/mol. The third-order valence-electron chi connectivity index (χ3n) is 0.608. The van der Waals surface area contributed by atoms with E-state index < -0.39 is 6.09 Å². The lowest BCUT2D eigenvalue weighted by molar-refractivity contribution is 0.161. The second-order valence-corrected chi connectivity index (χ2v) is 2.02. The zero-order valence-electron chi connectivity index (χ0n) is 8.02. The molecule has 0 fully saturated rings. The largest absolute Gasteiger partial charge is 0.436 e. The number of nitrogens with one attached hydrogen (secondary N) is 1. The molecule has 3 nitrogen and oxygen atoms in total. The molecule has 70 valence electrons. The summed E-state index contributed by atoms with van der Waals surface area (Å²) >= 11 is 0. The van der Waals surface area contributed by atoms with Gasteiger partial charge in [0.25, 0.3) is 0 Å². The molecular formula is C9H17NO2. The number of hydrogen-bond donors (Lipinski definition) is 1. The average Bonchev–Trinajstić information content (AvgIpc) is 2.03. The number of hydrogen-bond acceptors (Lipinski definition) is 2. The van der Waals surface area contributed by atoms with Crippen LogP contribution >= 0.6 is 0 Å². The van der Waals surface area contributed by atoms with E-state index in [1.807, 2.05) is 0 Å². The summed E-state index contributed by atoms with van der Waals surface area (Å²) in [5, 5.41) is 2.42. The summed E-state index contributed by atoms with van der Waals surface area (Å²) in [6, 6.07) is 0. The highest BCUT2D eigenvalue weighted by molar-refractivity contribution is 5.67. The summed E-state index contributed by atoms with van der Waals surface area (Å²) in [6.07, 6.45) is 5.61. The Morgan fingerprint density at radius 1 is 1.50 bits per heavy atom. The molecule has 0 aliphatic heterocycles. The number of alkyl carbamates (subject to hydrolysis) is 1. The molecule has 0 spiro atoms. The Hall–Kier alpha value is -1.17.